The van der Waals surface area contributed by atoms with Gasteiger partial charge in [-0.2, -0.15) is 0 Å². The van der Waals surface area contributed by atoms with Crippen LogP contribution >= 0.6 is 11.3 Å². The fourth-order valence-electron chi connectivity index (χ4n) is 2.54. The summed E-state index contributed by atoms with van der Waals surface area (Å²) in [6, 6.07) is 7.88. The molecule has 0 bridgehead atoms. The van der Waals surface area contributed by atoms with Crippen molar-refractivity contribution in [2.75, 3.05) is 18.0 Å². The largest absolute Gasteiger partial charge is 0.368 e. The Morgan fingerprint density at radius 3 is 2.72 bits per heavy atom. The van der Waals surface area contributed by atoms with E-state index in [1.807, 2.05) is 29.6 Å². The van der Waals surface area contributed by atoms with Gasteiger partial charge in [-0.25, -0.2) is 0 Å². The Kier molecular flexibility index (Phi) is 3.08. The second kappa shape index (κ2) is 4.73. The lowest BCUT2D eigenvalue weighted by Gasteiger charge is -2.31. The molecule has 0 unspecified atom stereocenters. The zero-order valence-electron chi connectivity index (χ0n) is 10.6. The van der Waals surface area contributed by atoms with Gasteiger partial charge in [-0.1, -0.05) is 19.1 Å². The van der Waals surface area contributed by atoms with Gasteiger partial charge in [0.1, 0.15) is 0 Å². The first-order chi connectivity index (χ1) is 8.75. The van der Waals surface area contributed by atoms with Crippen LogP contribution in [0.3, 0.4) is 0 Å². The molecular formula is C15H17NOS. The average Bonchev–Trinajstić information content (AvgIpc) is 2.41. The Hall–Kier alpha value is -1.35. The van der Waals surface area contributed by atoms with Crippen LogP contribution in [-0.2, 0) is 0 Å². The number of hydrogen-bond donors (Lipinski definition) is 0. The molecule has 1 fully saturated rings. The van der Waals surface area contributed by atoms with Crippen molar-refractivity contribution in [3.8, 4) is 0 Å². The first-order valence-electron chi connectivity index (χ1n) is 6.51. The van der Waals surface area contributed by atoms with E-state index in [1.165, 1.54) is 12.8 Å². The molecule has 0 saturated carbocycles. The van der Waals surface area contributed by atoms with Gasteiger partial charge in [0.2, 0.25) is 5.43 Å². The van der Waals surface area contributed by atoms with Gasteiger partial charge in [-0.05, 0) is 30.9 Å². The lowest BCUT2D eigenvalue weighted by atomic mass is 9.99. The van der Waals surface area contributed by atoms with E-state index in [0.717, 1.165) is 34.8 Å². The van der Waals surface area contributed by atoms with Crippen molar-refractivity contribution in [1.82, 2.24) is 0 Å². The fraction of sp³-hybridized carbons (Fsp3) is 0.400. The molecular weight excluding hydrogens is 242 g/mol. The Morgan fingerprint density at radius 1 is 1.22 bits per heavy atom. The zero-order valence-corrected chi connectivity index (χ0v) is 11.4. The van der Waals surface area contributed by atoms with Crippen LogP contribution in [0.25, 0.3) is 10.1 Å². The van der Waals surface area contributed by atoms with Crippen molar-refractivity contribution >= 4 is 27.1 Å². The third kappa shape index (κ3) is 2.03. The highest BCUT2D eigenvalue weighted by Crippen LogP contribution is 2.25. The van der Waals surface area contributed by atoms with Gasteiger partial charge in [-0.3, -0.25) is 4.79 Å². The molecule has 2 aromatic rings. The highest BCUT2D eigenvalue weighted by molar-refractivity contribution is 7.16. The molecule has 3 rings (SSSR count). The lowest BCUT2D eigenvalue weighted by molar-refractivity contribution is 0.438. The lowest BCUT2D eigenvalue weighted by Crippen LogP contribution is -2.35. The molecule has 0 N–H and O–H groups in total. The normalized spacial score (nSPS) is 17.3. The molecule has 18 heavy (non-hydrogen) atoms. The Balaban J connectivity index is 2.02. The van der Waals surface area contributed by atoms with Gasteiger partial charge in [0, 0.05) is 28.6 Å². The minimum Gasteiger partial charge on any atom is -0.368 e. The second-order valence-electron chi connectivity index (χ2n) is 5.12. The number of benzene rings is 1. The molecule has 0 atom stereocenters. The van der Waals surface area contributed by atoms with Crippen molar-refractivity contribution < 1.29 is 0 Å². The number of rotatable bonds is 1. The summed E-state index contributed by atoms with van der Waals surface area (Å²) in [6.45, 7) is 4.32. The Labute approximate surface area is 111 Å². The van der Waals surface area contributed by atoms with Crippen LogP contribution in [-0.4, -0.2) is 13.1 Å². The maximum Gasteiger partial charge on any atom is 0.211 e. The molecule has 0 spiro atoms. The summed E-state index contributed by atoms with van der Waals surface area (Å²) in [5, 5.41) is 2.89. The number of anilines is 1. The third-order valence-corrected chi connectivity index (χ3v) is 4.74. The predicted molar refractivity (Wildman–Crippen MR) is 78.7 cm³/mol. The van der Waals surface area contributed by atoms with Crippen LogP contribution in [0.5, 0.6) is 0 Å². The third-order valence-electron chi connectivity index (χ3n) is 3.79. The number of piperidine rings is 1. The SMILES string of the molecule is CC1CCN(c2csc3ccccc3c2=O)CC1. The molecule has 1 aliphatic heterocycles. The summed E-state index contributed by atoms with van der Waals surface area (Å²) in [5.74, 6) is 0.792. The molecule has 2 nitrogen and oxygen atoms in total. The van der Waals surface area contributed by atoms with Gasteiger partial charge >= 0.3 is 0 Å². The first kappa shape index (κ1) is 11.7. The van der Waals surface area contributed by atoms with Gasteiger partial charge in [0.25, 0.3) is 0 Å². The summed E-state index contributed by atoms with van der Waals surface area (Å²) in [7, 11) is 0. The van der Waals surface area contributed by atoms with Gasteiger partial charge < -0.3 is 4.90 Å². The number of nitrogens with zero attached hydrogens (tertiary/aromatic N) is 1. The topological polar surface area (TPSA) is 20.3 Å². The predicted octanol–water partition coefficient (Wildman–Crippen LogP) is 3.50. The number of hydrogen-bond acceptors (Lipinski definition) is 3. The van der Waals surface area contributed by atoms with E-state index in [-0.39, 0.29) is 5.43 Å². The van der Waals surface area contributed by atoms with Crippen molar-refractivity contribution in [3.63, 3.8) is 0 Å². The highest BCUT2D eigenvalue weighted by atomic mass is 32.1. The molecule has 0 amide bonds. The van der Waals surface area contributed by atoms with Crippen LogP contribution in [0.15, 0.2) is 34.4 Å². The fourth-order valence-corrected chi connectivity index (χ4v) is 3.47. The minimum atomic E-state index is 0.193. The molecule has 1 aliphatic rings. The van der Waals surface area contributed by atoms with Crippen molar-refractivity contribution in [2.24, 2.45) is 5.92 Å². The van der Waals surface area contributed by atoms with Crippen LogP contribution in [0.2, 0.25) is 0 Å². The number of fused-ring (bicyclic) bond motifs is 1. The van der Waals surface area contributed by atoms with Crippen LogP contribution in [0, 0.1) is 5.92 Å². The average molecular weight is 259 g/mol. The minimum absolute atomic E-state index is 0.193. The molecule has 3 heteroatoms. The maximum absolute atomic E-state index is 12.5. The molecule has 2 heterocycles. The van der Waals surface area contributed by atoms with Crippen LogP contribution < -0.4 is 10.3 Å². The molecule has 94 valence electrons. The van der Waals surface area contributed by atoms with E-state index in [2.05, 4.69) is 11.8 Å². The zero-order chi connectivity index (χ0) is 12.5. The quantitative estimate of drug-likeness (QED) is 0.781. The van der Waals surface area contributed by atoms with E-state index < -0.39 is 0 Å². The molecule has 1 aromatic heterocycles. The van der Waals surface area contributed by atoms with Crippen molar-refractivity contribution in [1.29, 1.82) is 0 Å². The molecule has 1 aromatic carbocycles. The summed E-state index contributed by atoms with van der Waals surface area (Å²) < 4.78 is 1.08. The van der Waals surface area contributed by atoms with Crippen LogP contribution in [0.4, 0.5) is 5.69 Å². The smallest absolute Gasteiger partial charge is 0.211 e. The van der Waals surface area contributed by atoms with Gasteiger partial charge in [-0.15, -0.1) is 11.3 Å². The van der Waals surface area contributed by atoms with Crippen molar-refractivity contribution in [3.05, 3.63) is 39.9 Å². The summed E-state index contributed by atoms with van der Waals surface area (Å²) >= 11 is 1.67. The summed E-state index contributed by atoms with van der Waals surface area (Å²) in [4.78, 5) is 14.7. The van der Waals surface area contributed by atoms with Crippen LogP contribution in [0.1, 0.15) is 19.8 Å². The second-order valence-corrected chi connectivity index (χ2v) is 6.03. The van der Waals surface area contributed by atoms with E-state index in [1.54, 1.807) is 11.3 Å². The molecule has 0 aliphatic carbocycles. The first-order valence-corrected chi connectivity index (χ1v) is 7.39. The molecule has 0 radical (unpaired) electrons. The van der Waals surface area contributed by atoms with Gasteiger partial charge in [0.15, 0.2) is 0 Å². The Bertz CT molecular complexity index is 611. The van der Waals surface area contributed by atoms with Gasteiger partial charge in [0.05, 0.1) is 5.69 Å². The van der Waals surface area contributed by atoms with E-state index in [4.69, 9.17) is 0 Å². The monoisotopic (exact) mass is 259 g/mol. The summed E-state index contributed by atoms with van der Waals surface area (Å²) in [5.41, 5.74) is 1.09. The summed E-state index contributed by atoms with van der Waals surface area (Å²) in [6.07, 6.45) is 2.38. The highest BCUT2D eigenvalue weighted by Gasteiger charge is 2.18. The van der Waals surface area contributed by atoms with E-state index in [0.29, 0.717) is 0 Å². The standard InChI is InChI=1S/C15H17NOS/c1-11-6-8-16(9-7-11)13-10-18-14-5-3-2-4-12(14)15(13)17/h2-5,10-11H,6-9H2,1H3. The van der Waals surface area contributed by atoms with Crippen molar-refractivity contribution in [2.45, 2.75) is 19.8 Å². The molecule has 1 saturated heterocycles. The van der Waals surface area contributed by atoms with E-state index >= 15 is 0 Å². The maximum atomic E-state index is 12.5. The van der Waals surface area contributed by atoms with E-state index in [9.17, 15) is 4.79 Å². The Morgan fingerprint density at radius 2 is 1.94 bits per heavy atom.